The zero-order valence-electron chi connectivity index (χ0n) is 11.6. The number of carbonyl (C=O) groups is 1. The van der Waals surface area contributed by atoms with Crippen molar-refractivity contribution < 1.29 is 9.90 Å². The van der Waals surface area contributed by atoms with E-state index in [1.165, 1.54) is 5.56 Å². The summed E-state index contributed by atoms with van der Waals surface area (Å²) < 4.78 is 0. The Morgan fingerprint density at radius 3 is 2.84 bits per heavy atom. The highest BCUT2D eigenvalue weighted by atomic mass is 16.3. The van der Waals surface area contributed by atoms with E-state index in [4.69, 9.17) is 5.11 Å². The maximum Gasteiger partial charge on any atom is 0.268 e. The molecule has 0 fully saturated rings. The Bertz CT molecular complexity index is 601. The van der Waals surface area contributed by atoms with Gasteiger partial charge in [-0.15, -0.1) is 0 Å². The van der Waals surface area contributed by atoms with Gasteiger partial charge in [-0.2, -0.15) is 0 Å². The van der Waals surface area contributed by atoms with Crippen molar-refractivity contribution >= 4 is 16.8 Å². The van der Waals surface area contributed by atoms with Crippen LogP contribution in [0.15, 0.2) is 18.2 Å². The number of benzene rings is 1. The van der Waals surface area contributed by atoms with Crippen LogP contribution >= 0.6 is 0 Å². The molecule has 0 aliphatic heterocycles. The average Bonchev–Trinajstić information content (AvgIpc) is 2.67. The van der Waals surface area contributed by atoms with Crippen molar-refractivity contribution in [3.63, 3.8) is 0 Å². The summed E-state index contributed by atoms with van der Waals surface area (Å²) in [7, 11) is 0. The van der Waals surface area contributed by atoms with Gasteiger partial charge in [0.15, 0.2) is 0 Å². The van der Waals surface area contributed by atoms with Crippen molar-refractivity contribution in [3.8, 4) is 0 Å². The van der Waals surface area contributed by atoms with E-state index in [0.29, 0.717) is 12.1 Å². The van der Waals surface area contributed by atoms with Crippen LogP contribution in [0.5, 0.6) is 0 Å². The van der Waals surface area contributed by atoms with Gasteiger partial charge < -0.3 is 15.4 Å². The number of aromatic amines is 1. The van der Waals surface area contributed by atoms with E-state index in [-0.39, 0.29) is 18.6 Å². The maximum atomic E-state index is 12.2. The number of nitrogens with one attached hydrogen (secondary N) is 2. The van der Waals surface area contributed by atoms with Gasteiger partial charge in [-0.3, -0.25) is 4.79 Å². The number of amides is 1. The molecule has 0 radical (unpaired) electrons. The summed E-state index contributed by atoms with van der Waals surface area (Å²) in [6.45, 7) is 5.95. The molecule has 1 unspecified atom stereocenters. The van der Waals surface area contributed by atoms with Gasteiger partial charge >= 0.3 is 0 Å². The number of aliphatic hydroxyl groups is 1. The normalized spacial score (nSPS) is 12.6. The largest absolute Gasteiger partial charge is 0.396 e. The zero-order valence-corrected chi connectivity index (χ0v) is 11.6. The molecule has 1 amide bonds. The van der Waals surface area contributed by atoms with Gasteiger partial charge in [-0.25, -0.2) is 0 Å². The smallest absolute Gasteiger partial charge is 0.268 e. The van der Waals surface area contributed by atoms with Crippen LogP contribution in [0.3, 0.4) is 0 Å². The molecule has 19 heavy (non-hydrogen) atoms. The van der Waals surface area contributed by atoms with Crippen LogP contribution in [0.2, 0.25) is 0 Å². The molecule has 1 aromatic heterocycles. The Balaban J connectivity index is 2.30. The second-order valence-electron chi connectivity index (χ2n) is 5.06. The zero-order chi connectivity index (χ0) is 14.0. The molecule has 1 atom stereocenters. The molecular formula is C15H20N2O2. The second-order valence-corrected chi connectivity index (χ2v) is 5.06. The molecule has 0 bridgehead atoms. The number of aromatic nitrogens is 1. The van der Waals surface area contributed by atoms with E-state index in [1.807, 2.05) is 32.9 Å². The first-order valence-corrected chi connectivity index (χ1v) is 6.53. The second kappa shape index (κ2) is 5.45. The van der Waals surface area contributed by atoms with Crippen molar-refractivity contribution in [2.45, 2.75) is 33.2 Å². The number of hydrogen-bond donors (Lipinski definition) is 3. The first kappa shape index (κ1) is 13.6. The van der Waals surface area contributed by atoms with Crippen LogP contribution in [-0.2, 0) is 0 Å². The highest BCUT2D eigenvalue weighted by Crippen LogP contribution is 2.22. The molecule has 1 heterocycles. The van der Waals surface area contributed by atoms with E-state index < -0.39 is 0 Å². The van der Waals surface area contributed by atoms with Crippen molar-refractivity contribution in [3.05, 3.63) is 35.0 Å². The Kier molecular flexibility index (Phi) is 3.90. The number of carbonyl (C=O) groups excluding carboxylic acids is 1. The summed E-state index contributed by atoms with van der Waals surface area (Å²) >= 11 is 0. The number of H-pyrrole nitrogens is 1. The van der Waals surface area contributed by atoms with Crippen LogP contribution in [-0.4, -0.2) is 28.6 Å². The number of rotatable bonds is 4. The third kappa shape index (κ3) is 2.79. The van der Waals surface area contributed by atoms with E-state index >= 15 is 0 Å². The van der Waals surface area contributed by atoms with Crippen molar-refractivity contribution in [2.24, 2.45) is 0 Å². The molecule has 102 valence electrons. The monoisotopic (exact) mass is 260 g/mol. The lowest BCUT2D eigenvalue weighted by Crippen LogP contribution is -2.33. The van der Waals surface area contributed by atoms with Gasteiger partial charge in [0.25, 0.3) is 5.91 Å². The van der Waals surface area contributed by atoms with Gasteiger partial charge in [0.2, 0.25) is 0 Å². The first-order valence-electron chi connectivity index (χ1n) is 6.53. The summed E-state index contributed by atoms with van der Waals surface area (Å²) in [6.07, 6.45) is 0.560. The Morgan fingerprint density at radius 1 is 1.42 bits per heavy atom. The molecule has 4 nitrogen and oxygen atoms in total. The molecule has 0 aliphatic carbocycles. The molecular weight excluding hydrogens is 240 g/mol. The van der Waals surface area contributed by atoms with Gasteiger partial charge in [0.05, 0.1) is 0 Å². The Morgan fingerprint density at radius 2 is 2.16 bits per heavy atom. The molecule has 2 aromatic rings. The van der Waals surface area contributed by atoms with Crippen LogP contribution in [0.25, 0.3) is 10.9 Å². The van der Waals surface area contributed by atoms with Crippen molar-refractivity contribution in [2.75, 3.05) is 6.61 Å². The predicted octanol–water partition coefficient (Wildman–Crippen LogP) is 2.29. The summed E-state index contributed by atoms with van der Waals surface area (Å²) in [5.41, 5.74) is 3.72. The van der Waals surface area contributed by atoms with Crippen molar-refractivity contribution in [1.82, 2.24) is 10.3 Å². The number of aryl methyl sites for hydroxylation is 2. The first-order chi connectivity index (χ1) is 9.02. The molecule has 3 N–H and O–H groups in total. The van der Waals surface area contributed by atoms with E-state index in [9.17, 15) is 4.79 Å². The number of fused-ring (bicyclic) bond motifs is 1. The fourth-order valence-corrected chi connectivity index (χ4v) is 2.23. The summed E-state index contributed by atoms with van der Waals surface area (Å²) in [4.78, 5) is 15.3. The Hall–Kier alpha value is -1.81. The van der Waals surface area contributed by atoms with Crippen LogP contribution < -0.4 is 5.32 Å². The molecule has 0 saturated heterocycles. The SMILES string of the molecule is Cc1ccc2[nH]c(C(=O)NC(C)CCO)c(C)c2c1. The highest BCUT2D eigenvalue weighted by molar-refractivity contribution is 6.01. The minimum Gasteiger partial charge on any atom is -0.396 e. The third-order valence-corrected chi connectivity index (χ3v) is 3.38. The van der Waals surface area contributed by atoms with E-state index in [2.05, 4.69) is 16.4 Å². The summed E-state index contributed by atoms with van der Waals surface area (Å²) in [5, 5.41) is 12.8. The summed E-state index contributed by atoms with van der Waals surface area (Å²) in [5.74, 6) is -0.118. The van der Waals surface area contributed by atoms with Crippen LogP contribution in [0, 0.1) is 13.8 Å². The molecule has 0 saturated carbocycles. The standard InChI is InChI=1S/C15H20N2O2/c1-9-4-5-13-12(8-9)11(3)14(17-13)15(19)16-10(2)6-7-18/h4-5,8,10,17-18H,6-7H2,1-3H3,(H,16,19). The predicted molar refractivity (Wildman–Crippen MR) is 76.4 cm³/mol. The minimum atomic E-state index is -0.118. The molecule has 1 aromatic carbocycles. The Labute approximate surface area is 112 Å². The van der Waals surface area contributed by atoms with Gasteiger partial charge in [0, 0.05) is 23.6 Å². The maximum absolute atomic E-state index is 12.2. The van der Waals surface area contributed by atoms with Crippen LogP contribution in [0.1, 0.15) is 35.0 Å². The highest BCUT2D eigenvalue weighted by Gasteiger charge is 2.16. The molecule has 0 spiro atoms. The average molecular weight is 260 g/mol. The molecule has 4 heteroatoms. The topological polar surface area (TPSA) is 65.1 Å². The number of hydrogen-bond acceptors (Lipinski definition) is 2. The fourth-order valence-electron chi connectivity index (χ4n) is 2.23. The van der Waals surface area contributed by atoms with Crippen LogP contribution in [0.4, 0.5) is 0 Å². The lowest BCUT2D eigenvalue weighted by molar-refractivity contribution is 0.0929. The molecule has 2 rings (SSSR count). The van der Waals surface area contributed by atoms with Gasteiger partial charge in [0.1, 0.15) is 5.69 Å². The molecule has 0 aliphatic rings. The third-order valence-electron chi connectivity index (χ3n) is 3.38. The number of aliphatic hydroxyl groups excluding tert-OH is 1. The lowest BCUT2D eigenvalue weighted by Gasteiger charge is -2.11. The van der Waals surface area contributed by atoms with Gasteiger partial charge in [-0.05, 0) is 44.9 Å². The quantitative estimate of drug-likeness (QED) is 0.789. The van der Waals surface area contributed by atoms with E-state index in [0.717, 1.165) is 16.5 Å². The van der Waals surface area contributed by atoms with Crippen molar-refractivity contribution in [1.29, 1.82) is 0 Å². The fraction of sp³-hybridized carbons (Fsp3) is 0.400. The summed E-state index contributed by atoms with van der Waals surface area (Å²) in [6, 6.07) is 6.06. The van der Waals surface area contributed by atoms with Gasteiger partial charge in [-0.1, -0.05) is 11.6 Å². The minimum absolute atomic E-state index is 0.0370. The van der Waals surface area contributed by atoms with E-state index in [1.54, 1.807) is 0 Å². The lowest BCUT2D eigenvalue weighted by atomic mass is 10.1.